The third-order valence-corrected chi connectivity index (χ3v) is 10.8. The second-order valence-electron chi connectivity index (χ2n) is 8.82. The van der Waals surface area contributed by atoms with Crippen molar-refractivity contribution < 1.29 is 19.2 Å². The summed E-state index contributed by atoms with van der Waals surface area (Å²) in [6.45, 7) is 5.66. The molecule has 0 saturated carbocycles. The first kappa shape index (κ1) is 33.5. The topological polar surface area (TPSA) is 101 Å². The number of halogens is 1. The van der Waals surface area contributed by atoms with Crippen molar-refractivity contribution in [3.8, 4) is 0 Å². The van der Waals surface area contributed by atoms with Gasteiger partial charge in [0.15, 0.2) is 8.45 Å². The first-order valence-corrected chi connectivity index (χ1v) is 16.1. The molecule has 0 spiro atoms. The second-order valence-corrected chi connectivity index (χ2v) is 13.7. The molecule has 216 valence electrons. The fourth-order valence-corrected chi connectivity index (χ4v) is 6.65. The number of benzene rings is 2. The summed E-state index contributed by atoms with van der Waals surface area (Å²) in [7, 11) is 7.16. The van der Waals surface area contributed by atoms with Crippen molar-refractivity contribution in [2.45, 2.75) is 0 Å². The largest absolute Gasteiger partial charge is 0.395 e. The van der Waals surface area contributed by atoms with Crippen molar-refractivity contribution in [2.24, 2.45) is 0 Å². The molecule has 3 N–H and O–H groups in total. The normalized spacial score (nSPS) is 17.2. The van der Waals surface area contributed by atoms with E-state index in [4.69, 9.17) is 20.9 Å². The van der Waals surface area contributed by atoms with Crippen LogP contribution in [0.15, 0.2) is 60.7 Å². The van der Waals surface area contributed by atoms with Crippen LogP contribution in [0.3, 0.4) is 0 Å². The molecule has 2 amide bonds. The second kappa shape index (κ2) is 18.6. The first-order valence-electron chi connectivity index (χ1n) is 12.7. The molecule has 2 saturated heterocycles. The highest BCUT2D eigenvalue weighted by molar-refractivity contribution is 7.80. The molecular weight excluding hydrogens is 558 g/mol. The van der Waals surface area contributed by atoms with Gasteiger partial charge >= 0.3 is 0 Å². The summed E-state index contributed by atoms with van der Waals surface area (Å²) in [4.78, 5) is 23.0. The maximum absolute atomic E-state index is 11.8. The summed E-state index contributed by atoms with van der Waals surface area (Å²) in [6, 6.07) is 18.1. The summed E-state index contributed by atoms with van der Waals surface area (Å²) in [5.74, 6) is -0.199. The number of carbonyl (C=O) groups is 2. The van der Waals surface area contributed by atoms with Crippen LogP contribution in [0.5, 0.6) is 0 Å². The van der Waals surface area contributed by atoms with Crippen molar-refractivity contribution in [1.29, 1.82) is 0 Å². The standard InChI is InChI=1S/C13H20N3O2P.C9H11NO2.C4H10ClN2P/c1-15-9-10-16(2)19(15)18-11-8-14-13(17)12-6-4-3-5-7-12;11-7-6-10-9(12)8-4-2-1-3-5-8;1-6-3-4-7(2)8(6)5/h3-7H,8-11H2,1-2H3,(H,14,17);1-5,11H,6-7H2,(H,10,12);3-4H2,1-2H3. The fraction of sp³-hybridized carbons (Fsp3) is 0.462. The summed E-state index contributed by atoms with van der Waals surface area (Å²) in [6.07, 6.45) is 0. The molecule has 0 unspecified atom stereocenters. The molecule has 0 atom stereocenters. The molecule has 2 fully saturated rings. The van der Waals surface area contributed by atoms with E-state index in [1.807, 2.05) is 24.3 Å². The maximum atomic E-state index is 11.8. The van der Waals surface area contributed by atoms with Gasteiger partial charge in [-0.2, -0.15) is 0 Å². The van der Waals surface area contributed by atoms with Crippen LogP contribution < -0.4 is 10.6 Å². The molecule has 2 aliphatic rings. The van der Waals surface area contributed by atoms with E-state index in [1.54, 1.807) is 36.4 Å². The SMILES string of the molecule is CN1CCN(C)P1Cl.CN1CCN(C)P1OCCNC(=O)c1ccccc1.O=C(NCCO)c1ccccc1. The van der Waals surface area contributed by atoms with Crippen LogP contribution in [0.25, 0.3) is 0 Å². The maximum Gasteiger partial charge on any atom is 0.251 e. The van der Waals surface area contributed by atoms with Crippen LogP contribution in [0.2, 0.25) is 0 Å². The third-order valence-electron chi connectivity index (χ3n) is 5.71. The minimum absolute atomic E-state index is 0.0292. The number of rotatable bonds is 8. The Bertz CT molecular complexity index is 961. The van der Waals surface area contributed by atoms with Gasteiger partial charge in [-0.3, -0.25) is 18.9 Å². The summed E-state index contributed by atoms with van der Waals surface area (Å²) in [5.41, 5.74) is 1.30. The van der Waals surface area contributed by atoms with Crippen LogP contribution in [-0.4, -0.2) is 116 Å². The van der Waals surface area contributed by atoms with Crippen molar-refractivity contribution >= 4 is 39.1 Å². The summed E-state index contributed by atoms with van der Waals surface area (Å²) in [5, 5.41) is 13.9. The lowest BCUT2D eigenvalue weighted by molar-refractivity contribution is 0.0938. The molecule has 2 aromatic rings. The van der Waals surface area contributed by atoms with Gasteiger partial charge in [0, 0.05) is 50.4 Å². The Morgan fingerprint density at radius 2 is 1.18 bits per heavy atom. The molecule has 39 heavy (non-hydrogen) atoms. The van der Waals surface area contributed by atoms with Gasteiger partial charge in [0.2, 0.25) is 0 Å². The smallest absolute Gasteiger partial charge is 0.251 e. The van der Waals surface area contributed by atoms with E-state index in [-0.39, 0.29) is 18.4 Å². The number of nitrogens with one attached hydrogen (secondary N) is 2. The zero-order chi connectivity index (χ0) is 28.6. The number of aliphatic hydroxyl groups excluding tert-OH is 1. The van der Waals surface area contributed by atoms with Gasteiger partial charge in [0.25, 0.3) is 11.8 Å². The number of hydrogen-bond acceptors (Lipinski definition) is 8. The Morgan fingerprint density at radius 1 is 0.769 bits per heavy atom. The Labute approximate surface area is 239 Å². The minimum atomic E-state index is -0.637. The van der Waals surface area contributed by atoms with Gasteiger partial charge in [0.05, 0.1) is 13.2 Å². The van der Waals surface area contributed by atoms with Crippen LogP contribution in [-0.2, 0) is 4.52 Å². The van der Waals surface area contributed by atoms with E-state index in [0.717, 1.165) is 26.2 Å². The van der Waals surface area contributed by atoms with E-state index >= 15 is 0 Å². The average Bonchev–Trinajstić information content (AvgIpc) is 3.45. The van der Waals surface area contributed by atoms with Crippen LogP contribution in [0.1, 0.15) is 20.7 Å². The number of carbonyl (C=O) groups excluding carboxylic acids is 2. The monoisotopic (exact) mass is 598 g/mol. The number of hydrogen-bond donors (Lipinski definition) is 3. The highest BCUT2D eigenvalue weighted by Gasteiger charge is 2.27. The number of nitrogens with zero attached hydrogens (tertiary/aromatic N) is 4. The fourth-order valence-electron chi connectivity index (χ4n) is 3.48. The lowest BCUT2D eigenvalue weighted by Gasteiger charge is -2.23. The Hall–Kier alpha value is -1.71. The Morgan fingerprint density at radius 3 is 1.56 bits per heavy atom. The van der Waals surface area contributed by atoms with Crippen molar-refractivity contribution in [2.75, 3.05) is 80.7 Å². The molecular formula is C26H41ClN6O4P2. The van der Waals surface area contributed by atoms with E-state index in [1.165, 1.54) is 0 Å². The van der Waals surface area contributed by atoms with E-state index in [2.05, 4.69) is 57.5 Å². The van der Waals surface area contributed by atoms with Gasteiger partial charge in [-0.1, -0.05) is 47.6 Å². The quantitative estimate of drug-likeness (QED) is 0.315. The van der Waals surface area contributed by atoms with Gasteiger partial charge in [0.1, 0.15) is 7.58 Å². The lowest BCUT2D eigenvalue weighted by Crippen LogP contribution is -2.27. The van der Waals surface area contributed by atoms with E-state index in [9.17, 15) is 9.59 Å². The molecule has 2 aromatic carbocycles. The summed E-state index contributed by atoms with van der Waals surface area (Å²) < 4.78 is 14.6. The molecule has 0 aromatic heterocycles. The Kier molecular flexibility index (Phi) is 16.0. The summed E-state index contributed by atoms with van der Waals surface area (Å²) >= 11 is 5.93. The third kappa shape index (κ3) is 12.1. The van der Waals surface area contributed by atoms with Crippen molar-refractivity contribution in [3.05, 3.63) is 71.8 Å². The van der Waals surface area contributed by atoms with E-state index < -0.39 is 16.0 Å². The lowest BCUT2D eigenvalue weighted by atomic mass is 10.2. The first-order chi connectivity index (χ1) is 18.7. The zero-order valence-corrected chi connectivity index (χ0v) is 25.7. The number of aliphatic hydroxyl groups is 1. The average molecular weight is 599 g/mol. The molecule has 10 nitrogen and oxygen atoms in total. The molecule has 0 radical (unpaired) electrons. The predicted octanol–water partition coefficient (Wildman–Crippen LogP) is 3.28. The van der Waals surface area contributed by atoms with Crippen LogP contribution in [0, 0.1) is 0 Å². The van der Waals surface area contributed by atoms with Gasteiger partial charge in [-0.15, -0.1) is 0 Å². The van der Waals surface area contributed by atoms with Gasteiger partial charge in [-0.25, -0.2) is 9.34 Å². The highest BCUT2D eigenvalue weighted by atomic mass is 35.7. The Balaban J connectivity index is 0.000000227. The van der Waals surface area contributed by atoms with Crippen LogP contribution >= 0.6 is 27.3 Å². The molecule has 0 bridgehead atoms. The van der Waals surface area contributed by atoms with Crippen LogP contribution in [0.4, 0.5) is 0 Å². The molecule has 2 aliphatic heterocycles. The predicted molar refractivity (Wildman–Crippen MR) is 161 cm³/mol. The van der Waals surface area contributed by atoms with Gasteiger partial charge < -0.3 is 20.3 Å². The zero-order valence-electron chi connectivity index (χ0n) is 23.2. The molecule has 2 heterocycles. The van der Waals surface area contributed by atoms with E-state index in [0.29, 0.717) is 30.8 Å². The van der Waals surface area contributed by atoms with Crippen molar-refractivity contribution in [3.63, 3.8) is 0 Å². The number of likely N-dealkylation sites (N-methyl/N-ethyl adjacent to an activating group) is 4. The molecule has 4 rings (SSSR count). The molecule has 13 heteroatoms. The van der Waals surface area contributed by atoms with Crippen molar-refractivity contribution in [1.82, 2.24) is 29.3 Å². The van der Waals surface area contributed by atoms with Gasteiger partial charge in [-0.05, 0) is 52.5 Å². The highest BCUT2D eigenvalue weighted by Crippen LogP contribution is 2.50. The minimum Gasteiger partial charge on any atom is -0.395 e. The molecule has 0 aliphatic carbocycles. The number of amides is 2.